The van der Waals surface area contributed by atoms with Crippen LogP contribution >= 0.6 is 0 Å². The normalized spacial score (nSPS) is 11.6. The van der Waals surface area contributed by atoms with E-state index in [2.05, 4.69) is 10.3 Å². The van der Waals surface area contributed by atoms with Crippen LogP contribution < -0.4 is 5.48 Å². The largest absolute Gasteiger partial charge is 0.277 e. The highest BCUT2D eigenvalue weighted by molar-refractivity contribution is 7.89. The molecule has 0 heterocycles. The Morgan fingerprint density at radius 3 is 2.50 bits per heavy atom. The van der Waals surface area contributed by atoms with Gasteiger partial charge in [0.2, 0.25) is 15.9 Å². The number of benzene rings is 1. The maximum absolute atomic E-state index is 12.8. The number of nitrogens with zero attached hydrogens (tertiary/aromatic N) is 1. The molecule has 0 aliphatic carbocycles. The van der Waals surface area contributed by atoms with Crippen molar-refractivity contribution in [1.82, 2.24) is 9.79 Å². The Morgan fingerprint density at radius 2 is 1.95 bits per heavy atom. The number of amides is 1. The molecule has 6 nitrogen and oxygen atoms in total. The SMILES string of the molecule is CONC(=O)CCCN(C)S(=O)(=O)c1ccc(F)cc1. The minimum atomic E-state index is -3.66. The Kier molecular flexibility index (Phi) is 6.05. The van der Waals surface area contributed by atoms with Crippen LogP contribution in [-0.4, -0.2) is 39.3 Å². The number of nitrogens with one attached hydrogen (secondary N) is 1. The molecule has 0 bridgehead atoms. The number of sulfonamides is 1. The van der Waals surface area contributed by atoms with Crippen LogP contribution in [0.25, 0.3) is 0 Å². The molecule has 0 aromatic heterocycles. The Hall–Kier alpha value is -1.51. The van der Waals surface area contributed by atoms with Gasteiger partial charge in [-0.2, -0.15) is 0 Å². The molecule has 20 heavy (non-hydrogen) atoms. The molecule has 0 aliphatic rings. The van der Waals surface area contributed by atoms with E-state index < -0.39 is 15.8 Å². The van der Waals surface area contributed by atoms with E-state index in [-0.39, 0.29) is 23.8 Å². The van der Waals surface area contributed by atoms with Gasteiger partial charge in [-0.3, -0.25) is 9.63 Å². The highest BCUT2D eigenvalue weighted by Crippen LogP contribution is 2.15. The summed E-state index contributed by atoms with van der Waals surface area (Å²) < 4.78 is 38.1. The molecule has 8 heteroatoms. The van der Waals surface area contributed by atoms with E-state index in [1.54, 1.807) is 0 Å². The van der Waals surface area contributed by atoms with Gasteiger partial charge in [0.15, 0.2) is 0 Å². The third kappa shape index (κ3) is 4.55. The quantitative estimate of drug-likeness (QED) is 0.760. The predicted octanol–water partition coefficient (Wildman–Crippen LogP) is 0.904. The number of carbonyl (C=O) groups is 1. The van der Waals surface area contributed by atoms with Crippen molar-refractivity contribution in [1.29, 1.82) is 0 Å². The first kappa shape index (κ1) is 16.5. The molecule has 112 valence electrons. The van der Waals surface area contributed by atoms with Crippen LogP contribution in [0, 0.1) is 5.82 Å². The summed E-state index contributed by atoms with van der Waals surface area (Å²) in [4.78, 5) is 15.6. The van der Waals surface area contributed by atoms with Crippen LogP contribution in [0.2, 0.25) is 0 Å². The first-order valence-corrected chi connectivity index (χ1v) is 7.35. The lowest BCUT2D eigenvalue weighted by atomic mass is 10.3. The zero-order chi connectivity index (χ0) is 15.2. The van der Waals surface area contributed by atoms with Crippen molar-refractivity contribution < 1.29 is 22.4 Å². The van der Waals surface area contributed by atoms with Gasteiger partial charge in [-0.15, -0.1) is 0 Å². The van der Waals surface area contributed by atoms with Gasteiger partial charge in [0.05, 0.1) is 12.0 Å². The minimum absolute atomic E-state index is 0.0164. The van der Waals surface area contributed by atoms with Gasteiger partial charge in [-0.05, 0) is 30.7 Å². The fourth-order valence-corrected chi connectivity index (χ4v) is 2.74. The third-order valence-electron chi connectivity index (χ3n) is 2.61. The molecule has 1 aromatic rings. The minimum Gasteiger partial charge on any atom is -0.277 e. The summed E-state index contributed by atoms with van der Waals surface area (Å²) in [6, 6.07) is 4.59. The predicted molar refractivity (Wildman–Crippen MR) is 70.6 cm³/mol. The van der Waals surface area contributed by atoms with Gasteiger partial charge < -0.3 is 0 Å². The van der Waals surface area contributed by atoms with Crippen LogP contribution in [0.1, 0.15) is 12.8 Å². The molecule has 0 radical (unpaired) electrons. The van der Waals surface area contributed by atoms with Crippen molar-refractivity contribution >= 4 is 15.9 Å². The first-order chi connectivity index (χ1) is 9.37. The molecular formula is C12H17FN2O4S. The van der Waals surface area contributed by atoms with E-state index in [0.717, 1.165) is 16.4 Å². The summed E-state index contributed by atoms with van der Waals surface area (Å²) in [6.45, 7) is 0.177. The molecule has 1 N–H and O–H groups in total. The summed E-state index contributed by atoms with van der Waals surface area (Å²) in [7, 11) is -0.930. The van der Waals surface area contributed by atoms with Gasteiger partial charge in [0.1, 0.15) is 5.82 Å². The highest BCUT2D eigenvalue weighted by Gasteiger charge is 2.20. The number of hydroxylamine groups is 1. The highest BCUT2D eigenvalue weighted by atomic mass is 32.2. The van der Waals surface area contributed by atoms with Crippen LogP contribution in [0.3, 0.4) is 0 Å². The van der Waals surface area contributed by atoms with E-state index in [1.807, 2.05) is 0 Å². The number of hydrogen-bond donors (Lipinski definition) is 1. The van der Waals surface area contributed by atoms with Crippen LogP contribution in [-0.2, 0) is 19.7 Å². The molecular weight excluding hydrogens is 287 g/mol. The van der Waals surface area contributed by atoms with Gasteiger partial charge in [-0.25, -0.2) is 22.6 Å². The molecule has 0 spiro atoms. The Morgan fingerprint density at radius 1 is 1.35 bits per heavy atom. The van der Waals surface area contributed by atoms with Crippen molar-refractivity contribution in [2.45, 2.75) is 17.7 Å². The van der Waals surface area contributed by atoms with Crippen molar-refractivity contribution in [3.63, 3.8) is 0 Å². The molecule has 0 atom stereocenters. The van der Waals surface area contributed by atoms with Crippen molar-refractivity contribution in [2.24, 2.45) is 0 Å². The molecule has 1 amide bonds. The van der Waals surface area contributed by atoms with Crippen LogP contribution in [0.5, 0.6) is 0 Å². The molecule has 0 saturated heterocycles. The van der Waals surface area contributed by atoms with Gasteiger partial charge in [-0.1, -0.05) is 0 Å². The Labute approximate surface area is 117 Å². The fraction of sp³-hybridized carbons (Fsp3) is 0.417. The van der Waals surface area contributed by atoms with Crippen molar-refractivity contribution in [2.75, 3.05) is 20.7 Å². The Balaban J connectivity index is 2.59. The smallest absolute Gasteiger partial charge is 0.243 e. The average molecular weight is 304 g/mol. The van der Waals surface area contributed by atoms with E-state index in [0.29, 0.717) is 6.42 Å². The van der Waals surface area contributed by atoms with E-state index in [9.17, 15) is 17.6 Å². The number of carbonyl (C=O) groups excluding carboxylic acids is 1. The first-order valence-electron chi connectivity index (χ1n) is 5.91. The van der Waals surface area contributed by atoms with E-state index >= 15 is 0 Å². The van der Waals surface area contributed by atoms with Gasteiger partial charge in [0, 0.05) is 20.0 Å². The van der Waals surface area contributed by atoms with E-state index in [4.69, 9.17) is 0 Å². The molecule has 0 unspecified atom stereocenters. The van der Waals surface area contributed by atoms with Gasteiger partial charge >= 0.3 is 0 Å². The second kappa shape index (κ2) is 7.32. The van der Waals surface area contributed by atoms with Gasteiger partial charge in [0.25, 0.3) is 0 Å². The topological polar surface area (TPSA) is 75.7 Å². The lowest BCUT2D eigenvalue weighted by molar-refractivity contribution is -0.131. The second-order valence-electron chi connectivity index (χ2n) is 4.11. The van der Waals surface area contributed by atoms with E-state index in [1.165, 1.54) is 26.3 Å². The third-order valence-corrected chi connectivity index (χ3v) is 4.49. The van der Waals surface area contributed by atoms with Crippen LogP contribution in [0.15, 0.2) is 29.2 Å². The van der Waals surface area contributed by atoms with Crippen LogP contribution in [0.4, 0.5) is 4.39 Å². The second-order valence-corrected chi connectivity index (χ2v) is 6.16. The summed E-state index contributed by atoms with van der Waals surface area (Å²) in [5.41, 5.74) is 2.15. The average Bonchev–Trinajstić information content (AvgIpc) is 2.39. The maximum Gasteiger partial charge on any atom is 0.243 e. The molecule has 0 aliphatic heterocycles. The Bertz CT molecular complexity index is 545. The van der Waals surface area contributed by atoms with Crippen molar-refractivity contribution in [3.05, 3.63) is 30.1 Å². The zero-order valence-corrected chi connectivity index (χ0v) is 12.1. The lowest BCUT2D eigenvalue weighted by Crippen LogP contribution is -2.29. The summed E-state index contributed by atoms with van der Waals surface area (Å²) in [6.07, 6.45) is 0.503. The molecule has 0 fully saturated rings. The summed E-state index contributed by atoms with van der Waals surface area (Å²) in [5.74, 6) is -0.817. The summed E-state index contributed by atoms with van der Waals surface area (Å²) in [5, 5.41) is 0. The monoisotopic (exact) mass is 304 g/mol. The standard InChI is InChI=1S/C12H17FN2O4S/c1-15(9-3-4-12(16)14-19-2)20(17,18)11-7-5-10(13)6-8-11/h5-8H,3-4,9H2,1-2H3,(H,14,16). The molecule has 0 saturated carbocycles. The molecule has 1 rings (SSSR count). The zero-order valence-electron chi connectivity index (χ0n) is 11.3. The maximum atomic E-state index is 12.8. The lowest BCUT2D eigenvalue weighted by Gasteiger charge is -2.16. The number of halogens is 1. The van der Waals surface area contributed by atoms with Crippen molar-refractivity contribution in [3.8, 4) is 0 Å². The number of rotatable bonds is 7. The fourth-order valence-electron chi connectivity index (χ4n) is 1.53. The summed E-state index contributed by atoms with van der Waals surface area (Å²) >= 11 is 0. The molecule has 1 aromatic carbocycles. The number of hydrogen-bond acceptors (Lipinski definition) is 4.